The topological polar surface area (TPSA) is 108 Å². The van der Waals surface area contributed by atoms with Gasteiger partial charge in [0.1, 0.15) is 5.52 Å². The normalized spacial score (nSPS) is 11.4. The van der Waals surface area contributed by atoms with E-state index in [-0.39, 0.29) is 11.3 Å². The van der Waals surface area contributed by atoms with Gasteiger partial charge in [-0.2, -0.15) is 5.26 Å². The summed E-state index contributed by atoms with van der Waals surface area (Å²) < 4.78 is 25.2. The predicted octanol–water partition coefficient (Wildman–Crippen LogP) is 3.69. The summed E-state index contributed by atoms with van der Waals surface area (Å²) in [5, 5.41) is 13.1. The molecule has 2 N–H and O–H groups in total. The van der Waals surface area contributed by atoms with Crippen LogP contribution < -0.4 is 10.9 Å². The van der Waals surface area contributed by atoms with Gasteiger partial charge in [-0.25, -0.2) is 8.42 Å². The molecule has 0 saturated carbocycles. The van der Waals surface area contributed by atoms with Crippen LogP contribution in [0.5, 0.6) is 0 Å². The van der Waals surface area contributed by atoms with Crippen LogP contribution in [0.3, 0.4) is 0 Å². The highest BCUT2D eigenvalue weighted by Crippen LogP contribution is 2.35. The fourth-order valence-electron chi connectivity index (χ4n) is 3.58. The zero-order chi connectivity index (χ0) is 22.2. The van der Waals surface area contributed by atoms with E-state index in [1.165, 1.54) is 10.8 Å². The molecular weight excluding hydrogens is 412 g/mol. The van der Waals surface area contributed by atoms with Crippen molar-refractivity contribution >= 4 is 32.1 Å². The quantitative estimate of drug-likeness (QED) is 0.500. The van der Waals surface area contributed by atoms with E-state index in [9.17, 15) is 13.2 Å². The van der Waals surface area contributed by atoms with E-state index in [0.717, 1.165) is 27.9 Å². The summed E-state index contributed by atoms with van der Waals surface area (Å²) in [6.45, 7) is 0. The maximum absolute atomic E-state index is 12.5. The Labute approximate surface area is 179 Å². The third kappa shape index (κ3) is 4.22. The average molecular weight is 433 g/mol. The maximum Gasteiger partial charge on any atom is 0.274 e. The Morgan fingerprint density at radius 2 is 1.84 bits per heavy atom. The number of hydrogen-bond acceptors (Lipinski definition) is 5. The molecule has 0 aliphatic heterocycles. The second-order valence-corrected chi connectivity index (χ2v) is 9.63. The number of aromatic nitrogens is 2. The zero-order valence-electron chi connectivity index (χ0n) is 17.0. The Bertz CT molecular complexity index is 1490. The first-order valence-electron chi connectivity index (χ1n) is 9.50. The van der Waals surface area contributed by atoms with Crippen LogP contribution in [-0.2, 0) is 22.6 Å². The van der Waals surface area contributed by atoms with E-state index in [1.54, 1.807) is 49.8 Å². The number of nitriles is 1. The van der Waals surface area contributed by atoms with Gasteiger partial charge in [0.15, 0.2) is 9.84 Å². The number of pyridine rings is 1. The lowest BCUT2D eigenvalue weighted by Gasteiger charge is -2.16. The van der Waals surface area contributed by atoms with Crippen LogP contribution in [0.15, 0.2) is 65.7 Å². The Morgan fingerprint density at radius 1 is 1.10 bits per heavy atom. The van der Waals surface area contributed by atoms with Gasteiger partial charge in [0.2, 0.25) is 0 Å². The smallest absolute Gasteiger partial charge is 0.274 e. The number of fused-ring (bicyclic) bond motifs is 1. The molecule has 0 radical (unpaired) electrons. The summed E-state index contributed by atoms with van der Waals surface area (Å²) in [6, 6.07) is 16.4. The predicted molar refractivity (Wildman–Crippen MR) is 122 cm³/mol. The molecule has 0 unspecified atom stereocenters. The number of sulfone groups is 1. The maximum atomic E-state index is 12.5. The lowest BCUT2D eigenvalue weighted by atomic mass is 9.99. The Morgan fingerprint density at radius 3 is 2.52 bits per heavy atom. The van der Waals surface area contributed by atoms with E-state index in [0.29, 0.717) is 16.6 Å². The number of nitrogens with zero attached hydrogens (tertiary/aromatic N) is 2. The molecule has 2 aromatic carbocycles. The molecule has 156 valence electrons. The first kappa shape index (κ1) is 20.4. The van der Waals surface area contributed by atoms with E-state index in [1.807, 2.05) is 18.2 Å². The summed E-state index contributed by atoms with van der Waals surface area (Å²) in [7, 11) is -1.53. The number of H-pyrrole nitrogens is 1. The number of nitrogens with one attached hydrogen (secondary N) is 2. The lowest BCUT2D eigenvalue weighted by molar-refractivity contribution is 0.601. The minimum atomic E-state index is -3.21. The largest absolute Gasteiger partial charge is 0.357 e. The van der Waals surface area contributed by atoms with Gasteiger partial charge in [0.25, 0.3) is 5.56 Å². The van der Waals surface area contributed by atoms with E-state index in [2.05, 4.69) is 16.4 Å². The summed E-state index contributed by atoms with van der Waals surface area (Å²) in [4.78, 5) is 15.5. The van der Waals surface area contributed by atoms with Crippen molar-refractivity contribution in [3.8, 4) is 17.2 Å². The van der Waals surface area contributed by atoms with Gasteiger partial charge < -0.3 is 14.9 Å². The van der Waals surface area contributed by atoms with Crippen LogP contribution in [0, 0.1) is 11.3 Å². The van der Waals surface area contributed by atoms with Gasteiger partial charge in [-0.15, -0.1) is 0 Å². The van der Waals surface area contributed by atoms with Crippen LogP contribution >= 0.6 is 0 Å². The van der Waals surface area contributed by atoms with Gasteiger partial charge in [-0.1, -0.05) is 6.07 Å². The fourth-order valence-corrected chi connectivity index (χ4v) is 4.37. The summed E-state index contributed by atoms with van der Waals surface area (Å²) in [5.41, 5.74) is 4.65. The molecule has 7 nitrogen and oxygen atoms in total. The molecule has 0 atom stereocenters. The lowest BCUT2D eigenvalue weighted by Crippen LogP contribution is -2.16. The van der Waals surface area contributed by atoms with Crippen LogP contribution in [0.2, 0.25) is 0 Å². The number of aryl methyl sites for hydroxylation is 1. The van der Waals surface area contributed by atoms with Crippen molar-refractivity contribution in [1.29, 1.82) is 5.26 Å². The molecule has 0 bridgehead atoms. The minimum absolute atomic E-state index is 0.0841. The van der Waals surface area contributed by atoms with Crippen molar-refractivity contribution in [3.05, 3.63) is 82.4 Å². The van der Waals surface area contributed by atoms with Crippen LogP contribution in [0.25, 0.3) is 22.0 Å². The van der Waals surface area contributed by atoms with Crippen molar-refractivity contribution in [2.75, 3.05) is 11.6 Å². The molecule has 4 rings (SSSR count). The molecule has 31 heavy (non-hydrogen) atoms. The molecule has 8 heteroatoms. The molecule has 0 aliphatic carbocycles. The fraction of sp³-hybridized carbons (Fsp3) is 0.130. The van der Waals surface area contributed by atoms with Crippen molar-refractivity contribution in [2.45, 2.75) is 5.75 Å². The summed E-state index contributed by atoms with van der Waals surface area (Å²) in [5.74, 6) is -0.0841. The van der Waals surface area contributed by atoms with Gasteiger partial charge in [0, 0.05) is 53.6 Å². The zero-order valence-corrected chi connectivity index (χ0v) is 17.8. The number of rotatable bonds is 5. The highest BCUT2D eigenvalue weighted by atomic mass is 32.2. The Balaban J connectivity index is 1.90. The van der Waals surface area contributed by atoms with Gasteiger partial charge in [-0.3, -0.25) is 4.79 Å². The third-order valence-corrected chi connectivity index (χ3v) is 5.85. The molecule has 0 fully saturated rings. The van der Waals surface area contributed by atoms with E-state index in [4.69, 9.17) is 5.26 Å². The number of anilines is 2. The van der Waals surface area contributed by atoms with Crippen LogP contribution in [0.1, 0.15) is 11.1 Å². The molecule has 2 heterocycles. The molecule has 0 spiro atoms. The van der Waals surface area contributed by atoms with Crippen molar-refractivity contribution in [1.82, 2.24) is 9.55 Å². The molecular formula is C23H20N4O3S. The first-order chi connectivity index (χ1) is 14.7. The summed E-state index contributed by atoms with van der Waals surface area (Å²) >= 11 is 0. The van der Waals surface area contributed by atoms with Gasteiger partial charge in [-0.05, 0) is 48.0 Å². The SMILES string of the molecule is Cn1cc(-c2cc(CS(C)(=O)=O)ccc2Nc2ccc(C#N)cc2)c2cc[nH]c2c1=O. The standard InChI is InChI=1S/C23H20N4O3S/c1-27-13-20(18-9-10-25-22(18)23(27)28)19-11-16(14-31(2,29)30)5-8-21(19)26-17-6-3-15(12-24)4-7-17/h3-11,13,25-26H,14H2,1-2H3. The van der Waals surface area contributed by atoms with Crippen LogP contribution in [-0.4, -0.2) is 24.2 Å². The van der Waals surface area contributed by atoms with Crippen molar-refractivity contribution in [3.63, 3.8) is 0 Å². The van der Waals surface area contributed by atoms with Gasteiger partial charge in [0.05, 0.1) is 17.4 Å². The van der Waals surface area contributed by atoms with Crippen molar-refractivity contribution in [2.24, 2.45) is 7.05 Å². The molecule has 0 saturated heterocycles. The van der Waals surface area contributed by atoms with Crippen molar-refractivity contribution < 1.29 is 8.42 Å². The Hall–Kier alpha value is -3.83. The first-order valence-corrected chi connectivity index (χ1v) is 11.6. The Kier molecular flexibility index (Phi) is 5.13. The molecule has 0 aliphatic rings. The number of aromatic amines is 1. The second kappa shape index (κ2) is 7.78. The number of benzene rings is 2. The molecule has 4 aromatic rings. The van der Waals surface area contributed by atoms with E-state index >= 15 is 0 Å². The number of hydrogen-bond donors (Lipinski definition) is 2. The molecule has 0 amide bonds. The molecule has 2 aromatic heterocycles. The second-order valence-electron chi connectivity index (χ2n) is 7.49. The average Bonchev–Trinajstić information content (AvgIpc) is 3.21. The third-order valence-electron chi connectivity index (χ3n) is 4.99. The van der Waals surface area contributed by atoms with E-state index < -0.39 is 9.84 Å². The summed E-state index contributed by atoms with van der Waals surface area (Å²) in [6.07, 6.45) is 4.66. The highest BCUT2D eigenvalue weighted by molar-refractivity contribution is 7.89. The monoisotopic (exact) mass is 432 g/mol. The highest BCUT2D eigenvalue weighted by Gasteiger charge is 2.15. The van der Waals surface area contributed by atoms with Gasteiger partial charge >= 0.3 is 0 Å². The minimum Gasteiger partial charge on any atom is -0.357 e. The van der Waals surface area contributed by atoms with Crippen LogP contribution in [0.4, 0.5) is 11.4 Å².